The molecule has 0 saturated heterocycles. The Bertz CT molecular complexity index is 442. The molecule has 0 aromatic heterocycles. The van der Waals surface area contributed by atoms with Gasteiger partial charge in [0.1, 0.15) is 5.75 Å². The molecule has 3 nitrogen and oxygen atoms in total. The number of carbonyl (C=O) groups excluding carboxylic acids is 1. The molecule has 0 unspecified atom stereocenters. The Kier molecular flexibility index (Phi) is 6.86. The lowest BCUT2D eigenvalue weighted by Crippen LogP contribution is -2.10. The predicted octanol–water partition coefficient (Wildman–Crippen LogP) is 3.67. The van der Waals surface area contributed by atoms with Gasteiger partial charge in [0.2, 0.25) is 5.91 Å². The van der Waals surface area contributed by atoms with E-state index in [0.717, 1.165) is 17.5 Å². The van der Waals surface area contributed by atoms with E-state index in [0.29, 0.717) is 24.5 Å². The number of halogens is 1. The summed E-state index contributed by atoms with van der Waals surface area (Å²) in [6.45, 7) is 0. The van der Waals surface area contributed by atoms with Crippen molar-refractivity contribution in [2.45, 2.75) is 57.3 Å². The Labute approximate surface area is 127 Å². The minimum Gasteiger partial charge on any atom is -0.507 e. The molecule has 0 aliphatic heterocycles. The van der Waals surface area contributed by atoms with Crippen molar-refractivity contribution < 1.29 is 9.90 Å². The fraction of sp³-hybridized carbons (Fsp3) is 0.562. The molecule has 1 amide bonds. The number of primary amides is 1. The molecule has 1 fully saturated rings. The van der Waals surface area contributed by atoms with E-state index in [4.69, 9.17) is 5.73 Å². The zero-order valence-corrected chi connectivity index (χ0v) is 12.6. The van der Waals surface area contributed by atoms with Crippen LogP contribution in [0.25, 0.3) is 0 Å². The van der Waals surface area contributed by atoms with Gasteiger partial charge >= 0.3 is 0 Å². The van der Waals surface area contributed by atoms with Crippen LogP contribution in [-0.4, -0.2) is 11.0 Å². The van der Waals surface area contributed by atoms with Crippen LogP contribution < -0.4 is 5.73 Å². The van der Waals surface area contributed by atoms with Crippen LogP contribution in [0, 0.1) is 0 Å². The van der Waals surface area contributed by atoms with E-state index in [2.05, 4.69) is 0 Å². The highest BCUT2D eigenvalue weighted by Gasteiger charge is 2.19. The highest BCUT2D eigenvalue weighted by Crippen LogP contribution is 2.38. The highest BCUT2D eigenvalue weighted by atomic mass is 35.5. The van der Waals surface area contributed by atoms with E-state index in [9.17, 15) is 9.90 Å². The van der Waals surface area contributed by atoms with Crippen LogP contribution >= 0.6 is 12.4 Å². The molecular weight excluding hydrogens is 274 g/mol. The molecule has 0 bridgehead atoms. The van der Waals surface area contributed by atoms with Gasteiger partial charge in [0.05, 0.1) is 0 Å². The van der Waals surface area contributed by atoms with Crippen molar-refractivity contribution in [1.82, 2.24) is 0 Å². The topological polar surface area (TPSA) is 63.3 Å². The molecule has 0 spiro atoms. The maximum absolute atomic E-state index is 10.7. The second-order valence-corrected chi connectivity index (χ2v) is 5.51. The number of rotatable bonds is 5. The number of para-hydroxylation sites is 1. The van der Waals surface area contributed by atoms with E-state index in [1.165, 1.54) is 32.1 Å². The Morgan fingerprint density at radius 2 is 1.95 bits per heavy atom. The van der Waals surface area contributed by atoms with E-state index >= 15 is 0 Å². The second-order valence-electron chi connectivity index (χ2n) is 5.51. The molecule has 112 valence electrons. The van der Waals surface area contributed by atoms with Gasteiger partial charge in [0.25, 0.3) is 0 Å². The van der Waals surface area contributed by atoms with Gasteiger partial charge in [-0.3, -0.25) is 4.79 Å². The number of aryl methyl sites for hydroxylation is 1. The van der Waals surface area contributed by atoms with Gasteiger partial charge in [-0.15, -0.1) is 12.4 Å². The first-order valence-electron chi connectivity index (χ1n) is 7.27. The third-order valence-electron chi connectivity index (χ3n) is 4.07. The fourth-order valence-corrected chi connectivity index (χ4v) is 3.01. The van der Waals surface area contributed by atoms with Crippen LogP contribution in [0.15, 0.2) is 18.2 Å². The van der Waals surface area contributed by atoms with Crippen molar-refractivity contribution in [2.75, 3.05) is 0 Å². The van der Waals surface area contributed by atoms with Crippen LogP contribution in [0.1, 0.15) is 62.0 Å². The monoisotopic (exact) mass is 297 g/mol. The molecule has 4 heteroatoms. The summed E-state index contributed by atoms with van der Waals surface area (Å²) in [4.78, 5) is 10.7. The molecule has 2 rings (SSSR count). The van der Waals surface area contributed by atoms with E-state index in [1.807, 2.05) is 18.2 Å². The second kappa shape index (κ2) is 8.15. The number of aromatic hydroxyl groups is 1. The van der Waals surface area contributed by atoms with E-state index in [1.54, 1.807) is 0 Å². The van der Waals surface area contributed by atoms with Crippen LogP contribution in [0.5, 0.6) is 5.75 Å². The van der Waals surface area contributed by atoms with Crippen molar-refractivity contribution >= 4 is 18.3 Å². The number of hydrogen-bond acceptors (Lipinski definition) is 2. The zero-order chi connectivity index (χ0) is 13.7. The number of hydrogen-bond donors (Lipinski definition) is 2. The average molecular weight is 298 g/mol. The van der Waals surface area contributed by atoms with Crippen molar-refractivity contribution in [3.05, 3.63) is 29.3 Å². The smallest absolute Gasteiger partial charge is 0.217 e. The number of nitrogens with two attached hydrogens (primary N) is 1. The van der Waals surface area contributed by atoms with Crippen molar-refractivity contribution in [2.24, 2.45) is 5.73 Å². The highest BCUT2D eigenvalue weighted by molar-refractivity contribution is 5.85. The molecule has 1 aliphatic rings. The number of phenols is 1. The summed E-state index contributed by atoms with van der Waals surface area (Å²) in [6.07, 6.45) is 8.00. The van der Waals surface area contributed by atoms with E-state index in [-0.39, 0.29) is 18.3 Å². The maximum atomic E-state index is 10.7. The normalized spacial score (nSPS) is 15.6. The molecule has 3 N–H and O–H groups in total. The molecule has 1 aromatic rings. The third-order valence-corrected chi connectivity index (χ3v) is 4.07. The predicted molar refractivity (Wildman–Crippen MR) is 83.3 cm³/mol. The molecule has 1 aromatic carbocycles. The van der Waals surface area contributed by atoms with Crippen molar-refractivity contribution in [3.8, 4) is 5.75 Å². The molecule has 1 aliphatic carbocycles. The van der Waals surface area contributed by atoms with Gasteiger partial charge in [-0.25, -0.2) is 0 Å². The Balaban J connectivity index is 0.00000200. The van der Waals surface area contributed by atoms with Gasteiger partial charge in [-0.05, 0) is 42.7 Å². The van der Waals surface area contributed by atoms with Crippen molar-refractivity contribution in [3.63, 3.8) is 0 Å². The summed E-state index contributed by atoms with van der Waals surface area (Å²) in [6, 6.07) is 6.01. The summed E-state index contributed by atoms with van der Waals surface area (Å²) >= 11 is 0. The first kappa shape index (κ1) is 16.8. The quantitative estimate of drug-likeness (QED) is 0.871. The summed E-state index contributed by atoms with van der Waals surface area (Å²) in [5.74, 6) is 0.673. The summed E-state index contributed by atoms with van der Waals surface area (Å²) in [5.41, 5.74) is 7.18. The lowest BCUT2D eigenvalue weighted by atomic mass is 9.83. The molecule has 0 heterocycles. The standard InChI is InChI=1S/C16H23NO2.ClH/c17-15(18)11-5-9-13-8-4-10-14(16(13)19)12-6-2-1-3-7-12;/h4,8,10,12,19H,1-3,5-7,9,11H2,(H2,17,18);1H. The van der Waals surface area contributed by atoms with Gasteiger partial charge < -0.3 is 10.8 Å². The number of amides is 1. The maximum Gasteiger partial charge on any atom is 0.217 e. The summed E-state index contributed by atoms with van der Waals surface area (Å²) in [5, 5.41) is 10.4. The van der Waals surface area contributed by atoms with Gasteiger partial charge in [0, 0.05) is 6.42 Å². The van der Waals surface area contributed by atoms with Gasteiger partial charge in [-0.1, -0.05) is 37.5 Å². The van der Waals surface area contributed by atoms with Crippen LogP contribution in [0.3, 0.4) is 0 Å². The Morgan fingerprint density at radius 1 is 1.25 bits per heavy atom. The molecule has 1 saturated carbocycles. The first-order chi connectivity index (χ1) is 9.18. The molecule has 0 radical (unpaired) electrons. The number of carbonyl (C=O) groups is 1. The first-order valence-corrected chi connectivity index (χ1v) is 7.27. The molecular formula is C16H24ClNO2. The third kappa shape index (κ3) is 4.41. The van der Waals surface area contributed by atoms with E-state index < -0.39 is 0 Å². The Morgan fingerprint density at radius 3 is 2.60 bits per heavy atom. The lowest BCUT2D eigenvalue weighted by Gasteiger charge is -2.23. The van der Waals surface area contributed by atoms with Gasteiger partial charge in [-0.2, -0.15) is 0 Å². The average Bonchev–Trinajstić information content (AvgIpc) is 2.41. The van der Waals surface area contributed by atoms with Crippen LogP contribution in [0.4, 0.5) is 0 Å². The van der Waals surface area contributed by atoms with Crippen LogP contribution in [0.2, 0.25) is 0 Å². The number of phenolic OH excluding ortho intramolecular Hbond substituents is 1. The lowest BCUT2D eigenvalue weighted by molar-refractivity contribution is -0.118. The zero-order valence-electron chi connectivity index (χ0n) is 11.8. The largest absolute Gasteiger partial charge is 0.507 e. The summed E-state index contributed by atoms with van der Waals surface area (Å²) in [7, 11) is 0. The molecule has 20 heavy (non-hydrogen) atoms. The Hall–Kier alpha value is -1.22. The minimum atomic E-state index is -0.275. The minimum absolute atomic E-state index is 0. The van der Waals surface area contributed by atoms with Gasteiger partial charge in [0.15, 0.2) is 0 Å². The molecule has 0 atom stereocenters. The van der Waals surface area contributed by atoms with Crippen LogP contribution in [-0.2, 0) is 11.2 Å². The SMILES string of the molecule is Cl.NC(=O)CCCc1cccc(C2CCCCC2)c1O. The van der Waals surface area contributed by atoms with Crippen molar-refractivity contribution in [1.29, 1.82) is 0 Å². The number of benzene rings is 1. The fourth-order valence-electron chi connectivity index (χ4n) is 3.01. The summed E-state index contributed by atoms with van der Waals surface area (Å²) < 4.78 is 0.